The smallest absolute Gasteiger partial charge is 0.217 e. The van der Waals surface area contributed by atoms with Crippen LogP contribution in [0.2, 0.25) is 0 Å². The van der Waals surface area contributed by atoms with E-state index < -0.39 is 30.4 Å². The lowest BCUT2D eigenvalue weighted by atomic mass is 10.0. The van der Waals surface area contributed by atoms with E-state index in [4.69, 9.17) is 9.84 Å². The molecule has 0 aromatic carbocycles. The molecular formula is C7H13NO5. The third-order valence-electron chi connectivity index (χ3n) is 1.88. The number of carbonyl (C=O) groups is 1. The molecule has 4 unspecified atom stereocenters. The molecule has 1 rings (SSSR count). The molecule has 0 radical (unpaired) electrons. The van der Waals surface area contributed by atoms with Crippen molar-refractivity contribution in [2.24, 2.45) is 0 Å². The minimum atomic E-state index is -1.28. The zero-order chi connectivity index (χ0) is 10.0. The molecule has 13 heavy (non-hydrogen) atoms. The monoisotopic (exact) mass is 191 g/mol. The number of aliphatic hydroxyl groups excluding tert-OH is 3. The summed E-state index contributed by atoms with van der Waals surface area (Å²) in [5, 5.41) is 30.0. The average Bonchev–Trinajstić information content (AvgIpc) is 2.05. The van der Waals surface area contributed by atoms with Crippen LogP contribution in [0.15, 0.2) is 0 Å². The fraction of sp³-hybridized carbons (Fsp3) is 0.857. The molecule has 0 aromatic rings. The molecular weight excluding hydrogens is 178 g/mol. The van der Waals surface area contributed by atoms with Gasteiger partial charge < -0.3 is 25.4 Å². The van der Waals surface area contributed by atoms with Crippen LogP contribution < -0.4 is 5.32 Å². The molecule has 0 bridgehead atoms. The zero-order valence-electron chi connectivity index (χ0n) is 7.17. The van der Waals surface area contributed by atoms with Gasteiger partial charge in [-0.1, -0.05) is 0 Å². The fourth-order valence-corrected chi connectivity index (χ4v) is 1.20. The Morgan fingerprint density at radius 3 is 2.62 bits per heavy atom. The van der Waals surface area contributed by atoms with E-state index >= 15 is 0 Å². The van der Waals surface area contributed by atoms with Crippen LogP contribution in [0.3, 0.4) is 0 Å². The number of hydrogen-bond donors (Lipinski definition) is 4. The van der Waals surface area contributed by atoms with Crippen molar-refractivity contribution in [3.8, 4) is 0 Å². The van der Waals surface area contributed by atoms with E-state index in [1.165, 1.54) is 6.92 Å². The Balaban J connectivity index is 2.60. The predicted octanol–water partition coefficient (Wildman–Crippen LogP) is -2.44. The van der Waals surface area contributed by atoms with Gasteiger partial charge >= 0.3 is 0 Å². The number of ether oxygens (including phenoxy) is 1. The summed E-state index contributed by atoms with van der Waals surface area (Å²) in [6.07, 6.45) is -3.56. The van der Waals surface area contributed by atoms with Crippen molar-refractivity contribution in [1.82, 2.24) is 5.32 Å². The van der Waals surface area contributed by atoms with Crippen molar-refractivity contribution in [1.29, 1.82) is 0 Å². The van der Waals surface area contributed by atoms with Crippen LogP contribution in [0.4, 0.5) is 0 Å². The molecule has 76 valence electrons. The second kappa shape index (κ2) is 4.01. The van der Waals surface area contributed by atoms with E-state index in [9.17, 15) is 15.0 Å². The van der Waals surface area contributed by atoms with Gasteiger partial charge in [-0.2, -0.15) is 0 Å². The third kappa shape index (κ3) is 2.38. The van der Waals surface area contributed by atoms with E-state index in [0.29, 0.717) is 0 Å². The first-order chi connectivity index (χ1) is 6.02. The van der Waals surface area contributed by atoms with Gasteiger partial charge in [0.2, 0.25) is 5.91 Å². The van der Waals surface area contributed by atoms with Gasteiger partial charge in [-0.05, 0) is 0 Å². The molecule has 1 aliphatic rings. The summed E-state index contributed by atoms with van der Waals surface area (Å²) in [5.41, 5.74) is 0. The van der Waals surface area contributed by atoms with Crippen LogP contribution in [0, 0.1) is 0 Å². The summed E-state index contributed by atoms with van der Waals surface area (Å²) in [7, 11) is 0. The first-order valence-electron chi connectivity index (χ1n) is 3.95. The Labute approximate surface area is 75.1 Å². The second-order valence-corrected chi connectivity index (χ2v) is 3.01. The lowest BCUT2D eigenvalue weighted by Crippen LogP contribution is -2.60. The van der Waals surface area contributed by atoms with Gasteiger partial charge in [0.25, 0.3) is 0 Å². The highest BCUT2D eigenvalue weighted by Crippen LogP contribution is 2.13. The van der Waals surface area contributed by atoms with E-state index in [2.05, 4.69) is 5.32 Å². The highest BCUT2D eigenvalue weighted by molar-refractivity contribution is 5.73. The van der Waals surface area contributed by atoms with Gasteiger partial charge in [0.15, 0.2) is 6.29 Å². The molecule has 0 spiro atoms. The molecule has 1 fully saturated rings. The molecule has 1 saturated heterocycles. The van der Waals surface area contributed by atoms with E-state index in [1.807, 2.05) is 0 Å². The predicted molar refractivity (Wildman–Crippen MR) is 41.6 cm³/mol. The maximum absolute atomic E-state index is 10.6. The second-order valence-electron chi connectivity index (χ2n) is 3.01. The van der Waals surface area contributed by atoms with Crippen molar-refractivity contribution < 1.29 is 24.9 Å². The molecule has 0 saturated carbocycles. The molecule has 4 N–H and O–H groups in total. The Hall–Kier alpha value is -0.690. The standard InChI is InChI=1S/C7H13NO5/c1-3(9)8-5-6(11)4(10)2-13-7(5)12/h4-7,10-12H,2H2,1H3,(H,8,9). The maximum atomic E-state index is 10.6. The number of carbonyl (C=O) groups excluding carboxylic acids is 1. The van der Waals surface area contributed by atoms with Crippen LogP contribution in [-0.4, -0.2) is 52.4 Å². The molecule has 4 atom stereocenters. The number of rotatable bonds is 1. The fourth-order valence-electron chi connectivity index (χ4n) is 1.20. The van der Waals surface area contributed by atoms with Crippen LogP contribution in [-0.2, 0) is 9.53 Å². The molecule has 0 aromatic heterocycles. The normalized spacial score (nSPS) is 40.0. The Bertz CT molecular complexity index is 197. The zero-order valence-corrected chi connectivity index (χ0v) is 7.17. The van der Waals surface area contributed by atoms with Crippen LogP contribution in [0.5, 0.6) is 0 Å². The Kier molecular flexibility index (Phi) is 3.21. The molecule has 1 amide bonds. The van der Waals surface area contributed by atoms with Crippen LogP contribution >= 0.6 is 0 Å². The molecule has 6 nitrogen and oxygen atoms in total. The maximum Gasteiger partial charge on any atom is 0.217 e. The van der Waals surface area contributed by atoms with Crippen LogP contribution in [0.25, 0.3) is 0 Å². The Morgan fingerprint density at radius 2 is 2.08 bits per heavy atom. The topological polar surface area (TPSA) is 99.0 Å². The minimum Gasteiger partial charge on any atom is -0.388 e. The summed E-state index contributed by atoms with van der Waals surface area (Å²) in [6.45, 7) is 1.11. The first kappa shape index (κ1) is 10.4. The van der Waals surface area contributed by atoms with Crippen molar-refractivity contribution in [2.45, 2.75) is 31.5 Å². The lowest BCUT2D eigenvalue weighted by Gasteiger charge is -2.35. The highest BCUT2D eigenvalue weighted by atomic mass is 16.6. The van der Waals surface area contributed by atoms with Crippen molar-refractivity contribution in [3.63, 3.8) is 0 Å². The van der Waals surface area contributed by atoms with E-state index in [-0.39, 0.29) is 6.61 Å². The van der Waals surface area contributed by atoms with Gasteiger partial charge in [0.1, 0.15) is 18.2 Å². The molecule has 6 heteroatoms. The van der Waals surface area contributed by atoms with Gasteiger partial charge in [-0.3, -0.25) is 4.79 Å². The summed E-state index contributed by atoms with van der Waals surface area (Å²) < 4.78 is 4.70. The average molecular weight is 191 g/mol. The summed E-state index contributed by atoms with van der Waals surface area (Å²) >= 11 is 0. The summed E-state index contributed by atoms with van der Waals surface area (Å²) in [5.74, 6) is -0.402. The van der Waals surface area contributed by atoms with Gasteiger partial charge in [0.05, 0.1) is 6.61 Å². The quantitative estimate of drug-likeness (QED) is 0.369. The molecule has 0 aliphatic carbocycles. The third-order valence-corrected chi connectivity index (χ3v) is 1.88. The summed E-state index contributed by atoms with van der Waals surface area (Å²) in [4.78, 5) is 10.6. The number of nitrogens with one attached hydrogen (secondary N) is 1. The molecule has 1 heterocycles. The number of hydrogen-bond acceptors (Lipinski definition) is 5. The lowest BCUT2D eigenvalue weighted by molar-refractivity contribution is -0.212. The highest BCUT2D eigenvalue weighted by Gasteiger charge is 2.38. The summed E-state index contributed by atoms with van der Waals surface area (Å²) in [6, 6.07) is -0.971. The van der Waals surface area contributed by atoms with Gasteiger partial charge in [-0.25, -0.2) is 0 Å². The SMILES string of the molecule is CC(=O)NC1C(O)OCC(O)C1O. The van der Waals surface area contributed by atoms with Crippen molar-refractivity contribution >= 4 is 5.91 Å². The molecule has 1 aliphatic heterocycles. The number of amides is 1. The van der Waals surface area contributed by atoms with Crippen LogP contribution in [0.1, 0.15) is 6.92 Å². The first-order valence-corrected chi connectivity index (χ1v) is 3.95. The minimum absolute atomic E-state index is 0.140. The Morgan fingerprint density at radius 1 is 1.46 bits per heavy atom. The van der Waals surface area contributed by atoms with E-state index in [1.54, 1.807) is 0 Å². The number of aliphatic hydroxyl groups is 3. The van der Waals surface area contributed by atoms with Crippen molar-refractivity contribution in [2.75, 3.05) is 6.61 Å². The van der Waals surface area contributed by atoms with E-state index in [0.717, 1.165) is 0 Å². The van der Waals surface area contributed by atoms with Gasteiger partial charge in [0, 0.05) is 6.92 Å². The largest absolute Gasteiger partial charge is 0.388 e. The van der Waals surface area contributed by atoms with Crippen molar-refractivity contribution in [3.05, 3.63) is 0 Å². The van der Waals surface area contributed by atoms with Gasteiger partial charge in [-0.15, -0.1) is 0 Å².